The third-order valence-electron chi connectivity index (χ3n) is 4.70. The first-order valence-electron chi connectivity index (χ1n) is 9.38. The Morgan fingerprint density at radius 1 is 1.10 bits per heavy atom. The number of ether oxygens (including phenoxy) is 2. The number of rotatable bonds is 7. The smallest absolute Gasteiger partial charge is 0.251 e. The quantitative estimate of drug-likeness (QED) is 0.543. The lowest BCUT2D eigenvalue weighted by Crippen LogP contribution is -2.33. The molecule has 0 atom stereocenters. The van der Waals surface area contributed by atoms with Gasteiger partial charge < -0.3 is 25.2 Å². The predicted molar refractivity (Wildman–Crippen MR) is 114 cm³/mol. The van der Waals surface area contributed by atoms with Crippen molar-refractivity contribution in [2.75, 3.05) is 42.7 Å². The molecule has 1 fully saturated rings. The molecule has 166 valence electrons. The maximum absolute atomic E-state index is 12.3. The SMILES string of the molecule is COc1ccc(C(=O)NCC(=O)Nc2cc(N3CCCS3(=O)=O)ccc2O)cc1OC. The summed E-state index contributed by atoms with van der Waals surface area (Å²) in [5.74, 6) is -0.425. The summed E-state index contributed by atoms with van der Waals surface area (Å²) < 4.78 is 35.7. The molecule has 31 heavy (non-hydrogen) atoms. The number of phenols is 1. The highest BCUT2D eigenvalue weighted by Crippen LogP contribution is 2.32. The molecule has 11 heteroatoms. The van der Waals surface area contributed by atoms with Crippen LogP contribution in [0.2, 0.25) is 0 Å². The van der Waals surface area contributed by atoms with Crippen LogP contribution >= 0.6 is 0 Å². The van der Waals surface area contributed by atoms with Gasteiger partial charge in [0.05, 0.1) is 37.9 Å². The topological polar surface area (TPSA) is 134 Å². The number of carbonyl (C=O) groups excluding carboxylic acids is 2. The molecule has 0 radical (unpaired) electrons. The molecule has 1 aliphatic rings. The van der Waals surface area contributed by atoms with E-state index in [1.807, 2.05) is 0 Å². The maximum Gasteiger partial charge on any atom is 0.251 e. The summed E-state index contributed by atoms with van der Waals surface area (Å²) >= 11 is 0. The van der Waals surface area contributed by atoms with Crippen LogP contribution in [0.3, 0.4) is 0 Å². The molecule has 1 saturated heterocycles. The molecule has 0 bridgehead atoms. The number of hydrogen-bond donors (Lipinski definition) is 3. The number of aromatic hydroxyl groups is 1. The lowest BCUT2D eigenvalue weighted by atomic mass is 10.2. The lowest BCUT2D eigenvalue weighted by Gasteiger charge is -2.18. The predicted octanol–water partition coefficient (Wildman–Crippen LogP) is 1.32. The molecule has 0 spiro atoms. The van der Waals surface area contributed by atoms with Gasteiger partial charge in [-0.25, -0.2) is 8.42 Å². The Balaban J connectivity index is 1.65. The number of benzene rings is 2. The molecule has 0 aliphatic carbocycles. The minimum atomic E-state index is -3.40. The average molecular weight is 449 g/mol. The molecular weight excluding hydrogens is 426 g/mol. The molecule has 2 aromatic carbocycles. The zero-order chi connectivity index (χ0) is 22.6. The molecule has 10 nitrogen and oxygen atoms in total. The molecular formula is C20H23N3O7S. The largest absolute Gasteiger partial charge is 0.506 e. The van der Waals surface area contributed by atoms with Gasteiger partial charge in [0.15, 0.2) is 11.5 Å². The van der Waals surface area contributed by atoms with E-state index in [0.717, 1.165) is 0 Å². The van der Waals surface area contributed by atoms with Gasteiger partial charge in [0.25, 0.3) is 5.91 Å². The van der Waals surface area contributed by atoms with Crippen LogP contribution in [0.25, 0.3) is 0 Å². The first kappa shape index (κ1) is 22.2. The third-order valence-corrected chi connectivity index (χ3v) is 6.57. The van der Waals surface area contributed by atoms with Crippen molar-refractivity contribution in [2.45, 2.75) is 6.42 Å². The van der Waals surface area contributed by atoms with Crippen molar-refractivity contribution in [3.05, 3.63) is 42.0 Å². The summed E-state index contributed by atoms with van der Waals surface area (Å²) in [5, 5.41) is 15.0. The molecule has 0 saturated carbocycles. The van der Waals surface area contributed by atoms with Crippen molar-refractivity contribution in [1.29, 1.82) is 0 Å². The Hall–Kier alpha value is -3.47. The fourth-order valence-corrected chi connectivity index (χ4v) is 4.70. The van der Waals surface area contributed by atoms with E-state index in [1.54, 1.807) is 6.07 Å². The summed E-state index contributed by atoms with van der Waals surface area (Å²) in [7, 11) is -0.475. The normalized spacial score (nSPS) is 14.7. The van der Waals surface area contributed by atoms with Crippen molar-refractivity contribution in [1.82, 2.24) is 5.32 Å². The molecule has 2 amide bonds. The van der Waals surface area contributed by atoms with Crippen LogP contribution < -0.4 is 24.4 Å². The van der Waals surface area contributed by atoms with Crippen LogP contribution in [-0.2, 0) is 14.8 Å². The van der Waals surface area contributed by atoms with E-state index >= 15 is 0 Å². The Bertz CT molecular complexity index is 1100. The third kappa shape index (κ3) is 5.00. The van der Waals surface area contributed by atoms with Gasteiger partial charge in [-0.15, -0.1) is 0 Å². The fraction of sp³-hybridized carbons (Fsp3) is 0.300. The van der Waals surface area contributed by atoms with Crippen molar-refractivity contribution in [3.8, 4) is 17.2 Å². The van der Waals surface area contributed by atoms with Crippen molar-refractivity contribution >= 4 is 33.2 Å². The van der Waals surface area contributed by atoms with Crippen molar-refractivity contribution < 1.29 is 32.6 Å². The summed E-state index contributed by atoms with van der Waals surface area (Å²) in [6.07, 6.45) is 0.507. The van der Waals surface area contributed by atoms with Crippen LogP contribution in [0.15, 0.2) is 36.4 Å². The highest BCUT2D eigenvalue weighted by Gasteiger charge is 2.29. The van der Waals surface area contributed by atoms with Crippen molar-refractivity contribution in [3.63, 3.8) is 0 Å². The molecule has 2 aromatic rings. The summed E-state index contributed by atoms with van der Waals surface area (Å²) in [6.45, 7) is -0.0270. The van der Waals surface area contributed by atoms with E-state index < -0.39 is 21.8 Å². The number of anilines is 2. The van der Waals surface area contributed by atoms with Gasteiger partial charge in [0.1, 0.15) is 5.75 Å². The zero-order valence-corrected chi connectivity index (χ0v) is 17.9. The molecule has 0 aromatic heterocycles. The second-order valence-corrected chi connectivity index (χ2v) is 8.76. The van der Waals surface area contributed by atoms with Crippen LogP contribution in [-0.4, -0.2) is 58.4 Å². The number of methoxy groups -OCH3 is 2. The van der Waals surface area contributed by atoms with E-state index in [9.17, 15) is 23.1 Å². The lowest BCUT2D eigenvalue weighted by molar-refractivity contribution is -0.115. The number of nitrogens with zero attached hydrogens (tertiary/aromatic N) is 1. The van der Waals surface area contributed by atoms with E-state index in [0.29, 0.717) is 30.2 Å². The van der Waals surface area contributed by atoms with Crippen LogP contribution in [0, 0.1) is 0 Å². The van der Waals surface area contributed by atoms with Crippen molar-refractivity contribution in [2.24, 2.45) is 0 Å². The monoisotopic (exact) mass is 449 g/mol. The highest BCUT2D eigenvalue weighted by molar-refractivity contribution is 7.93. The van der Waals surface area contributed by atoms with E-state index in [1.165, 1.54) is 48.9 Å². The number of phenolic OH excluding ortho intramolecular Hbond substituents is 1. The standard InChI is InChI=1S/C20H23N3O7S/c1-29-17-7-4-13(10-18(17)30-2)20(26)21-12-19(25)22-15-11-14(5-6-16(15)24)23-8-3-9-31(23,27)28/h4-7,10-11,24H,3,8-9,12H2,1-2H3,(H,21,26)(H,22,25). The highest BCUT2D eigenvalue weighted by atomic mass is 32.2. The second kappa shape index (κ2) is 9.13. The second-order valence-electron chi connectivity index (χ2n) is 6.74. The van der Waals surface area contributed by atoms with Gasteiger partial charge in [-0.05, 0) is 42.8 Å². The molecule has 3 N–H and O–H groups in total. The van der Waals surface area contributed by atoms with E-state index in [4.69, 9.17) is 9.47 Å². The Morgan fingerprint density at radius 2 is 1.84 bits per heavy atom. The number of sulfonamides is 1. The van der Waals surface area contributed by atoms with Gasteiger partial charge in [-0.3, -0.25) is 13.9 Å². The van der Waals surface area contributed by atoms with Crippen LogP contribution in [0.4, 0.5) is 11.4 Å². The van der Waals surface area contributed by atoms with Gasteiger partial charge in [0, 0.05) is 12.1 Å². The average Bonchev–Trinajstić information content (AvgIpc) is 3.11. The number of amides is 2. The Kier molecular flexibility index (Phi) is 6.54. The zero-order valence-electron chi connectivity index (χ0n) is 17.0. The number of carbonyl (C=O) groups is 2. The van der Waals surface area contributed by atoms with Gasteiger partial charge in [0.2, 0.25) is 15.9 Å². The Morgan fingerprint density at radius 3 is 2.48 bits per heavy atom. The number of hydrogen-bond acceptors (Lipinski definition) is 7. The minimum absolute atomic E-state index is 0.0463. The van der Waals surface area contributed by atoms with Crippen LogP contribution in [0.5, 0.6) is 17.2 Å². The van der Waals surface area contributed by atoms with E-state index in [2.05, 4.69) is 10.6 Å². The molecule has 1 heterocycles. The molecule has 0 unspecified atom stereocenters. The summed E-state index contributed by atoms with van der Waals surface area (Å²) in [6, 6.07) is 8.74. The Labute approximate surface area is 179 Å². The van der Waals surface area contributed by atoms with Gasteiger partial charge in [-0.2, -0.15) is 0 Å². The summed E-state index contributed by atoms with van der Waals surface area (Å²) in [5.41, 5.74) is 0.666. The maximum atomic E-state index is 12.3. The number of nitrogens with one attached hydrogen (secondary N) is 2. The van der Waals surface area contributed by atoms with E-state index in [-0.39, 0.29) is 29.3 Å². The first-order valence-corrected chi connectivity index (χ1v) is 11.0. The minimum Gasteiger partial charge on any atom is -0.506 e. The van der Waals surface area contributed by atoms with Gasteiger partial charge in [-0.1, -0.05) is 0 Å². The molecule has 3 rings (SSSR count). The first-order chi connectivity index (χ1) is 14.7. The van der Waals surface area contributed by atoms with Gasteiger partial charge >= 0.3 is 0 Å². The molecule has 1 aliphatic heterocycles. The van der Waals surface area contributed by atoms with Crippen LogP contribution in [0.1, 0.15) is 16.8 Å². The summed E-state index contributed by atoms with van der Waals surface area (Å²) in [4.78, 5) is 24.6. The fourth-order valence-electron chi connectivity index (χ4n) is 3.14.